The standard InChI is InChI=1S/C12H21N3/c1-8(2)10-6-9(3)14-11(15-10)7-12(4,5)13/h6,8H,7,13H2,1-5H3. The maximum atomic E-state index is 5.96. The molecule has 0 aliphatic carbocycles. The van der Waals surface area contributed by atoms with E-state index in [1.54, 1.807) is 0 Å². The minimum absolute atomic E-state index is 0.248. The first-order chi connectivity index (χ1) is 6.78. The van der Waals surface area contributed by atoms with Crippen molar-refractivity contribution in [1.29, 1.82) is 0 Å². The van der Waals surface area contributed by atoms with Crippen molar-refractivity contribution >= 4 is 0 Å². The molecule has 1 aromatic rings. The van der Waals surface area contributed by atoms with Crippen LogP contribution in [0.5, 0.6) is 0 Å². The van der Waals surface area contributed by atoms with E-state index in [0.29, 0.717) is 12.3 Å². The van der Waals surface area contributed by atoms with Gasteiger partial charge in [-0.2, -0.15) is 0 Å². The van der Waals surface area contributed by atoms with Crippen LogP contribution in [0.3, 0.4) is 0 Å². The van der Waals surface area contributed by atoms with E-state index >= 15 is 0 Å². The smallest absolute Gasteiger partial charge is 0.130 e. The van der Waals surface area contributed by atoms with Gasteiger partial charge in [0.2, 0.25) is 0 Å². The maximum Gasteiger partial charge on any atom is 0.130 e. The highest BCUT2D eigenvalue weighted by atomic mass is 14.9. The lowest BCUT2D eigenvalue weighted by molar-refractivity contribution is 0.499. The predicted molar refractivity (Wildman–Crippen MR) is 62.8 cm³/mol. The molecule has 0 aliphatic heterocycles. The second kappa shape index (κ2) is 4.27. The number of aromatic nitrogens is 2. The highest BCUT2D eigenvalue weighted by Crippen LogP contribution is 2.14. The molecule has 15 heavy (non-hydrogen) atoms. The summed E-state index contributed by atoms with van der Waals surface area (Å²) in [6.45, 7) is 10.3. The van der Waals surface area contributed by atoms with Gasteiger partial charge in [0.1, 0.15) is 5.82 Å². The van der Waals surface area contributed by atoms with Crippen LogP contribution in [0.4, 0.5) is 0 Å². The molecule has 84 valence electrons. The number of nitrogens with two attached hydrogens (primary N) is 1. The third-order valence-corrected chi connectivity index (χ3v) is 2.13. The van der Waals surface area contributed by atoms with Crippen LogP contribution in [0.25, 0.3) is 0 Å². The number of nitrogens with zero attached hydrogens (tertiary/aromatic N) is 2. The van der Waals surface area contributed by atoms with Gasteiger partial charge in [0.25, 0.3) is 0 Å². The first-order valence-electron chi connectivity index (χ1n) is 5.41. The molecule has 1 heterocycles. The number of aryl methyl sites for hydroxylation is 1. The lowest BCUT2D eigenvalue weighted by Crippen LogP contribution is -2.35. The van der Waals surface area contributed by atoms with Gasteiger partial charge in [-0.1, -0.05) is 13.8 Å². The molecule has 0 bridgehead atoms. The summed E-state index contributed by atoms with van der Waals surface area (Å²) in [5, 5.41) is 0. The largest absolute Gasteiger partial charge is 0.325 e. The average molecular weight is 207 g/mol. The normalized spacial score (nSPS) is 12.2. The summed E-state index contributed by atoms with van der Waals surface area (Å²) >= 11 is 0. The molecule has 0 fully saturated rings. The molecule has 1 aromatic heterocycles. The molecule has 0 aromatic carbocycles. The average Bonchev–Trinajstić information content (AvgIpc) is 1.99. The van der Waals surface area contributed by atoms with Crippen LogP contribution in [0.2, 0.25) is 0 Å². The van der Waals surface area contributed by atoms with Crippen LogP contribution in [0.15, 0.2) is 6.07 Å². The van der Waals surface area contributed by atoms with Gasteiger partial charge in [0.15, 0.2) is 0 Å². The monoisotopic (exact) mass is 207 g/mol. The fourth-order valence-corrected chi connectivity index (χ4v) is 1.44. The van der Waals surface area contributed by atoms with Crippen molar-refractivity contribution in [3.8, 4) is 0 Å². The van der Waals surface area contributed by atoms with Crippen molar-refractivity contribution in [3.63, 3.8) is 0 Å². The Balaban J connectivity index is 2.99. The molecule has 0 unspecified atom stereocenters. The van der Waals surface area contributed by atoms with Crippen molar-refractivity contribution < 1.29 is 0 Å². The van der Waals surface area contributed by atoms with Gasteiger partial charge in [0.05, 0.1) is 0 Å². The van der Waals surface area contributed by atoms with Crippen LogP contribution in [-0.4, -0.2) is 15.5 Å². The van der Waals surface area contributed by atoms with E-state index < -0.39 is 0 Å². The summed E-state index contributed by atoms with van der Waals surface area (Å²) in [6, 6.07) is 2.04. The number of rotatable bonds is 3. The lowest BCUT2D eigenvalue weighted by atomic mass is 10.0. The van der Waals surface area contributed by atoms with Crippen molar-refractivity contribution in [3.05, 3.63) is 23.3 Å². The second-order valence-electron chi connectivity index (χ2n) is 5.17. The molecule has 0 amide bonds. The van der Waals surface area contributed by atoms with Crippen LogP contribution >= 0.6 is 0 Å². The number of hydrogen-bond acceptors (Lipinski definition) is 3. The first-order valence-corrected chi connectivity index (χ1v) is 5.41. The van der Waals surface area contributed by atoms with E-state index in [0.717, 1.165) is 17.2 Å². The van der Waals surface area contributed by atoms with Crippen LogP contribution < -0.4 is 5.73 Å². The third kappa shape index (κ3) is 3.96. The predicted octanol–water partition coefficient (Wildman–Crippen LogP) is 2.19. The third-order valence-electron chi connectivity index (χ3n) is 2.13. The summed E-state index contributed by atoms with van der Waals surface area (Å²) in [4.78, 5) is 8.94. The van der Waals surface area contributed by atoms with Crippen LogP contribution in [0, 0.1) is 6.92 Å². The molecular weight excluding hydrogens is 186 g/mol. The van der Waals surface area contributed by atoms with Crippen molar-refractivity contribution in [1.82, 2.24) is 9.97 Å². The Morgan fingerprint density at radius 1 is 1.33 bits per heavy atom. The molecule has 0 spiro atoms. The van der Waals surface area contributed by atoms with Gasteiger partial charge in [-0.15, -0.1) is 0 Å². The Morgan fingerprint density at radius 2 is 1.93 bits per heavy atom. The fourth-order valence-electron chi connectivity index (χ4n) is 1.44. The maximum absolute atomic E-state index is 5.96. The van der Waals surface area contributed by atoms with Crippen LogP contribution in [-0.2, 0) is 6.42 Å². The Bertz CT molecular complexity index is 337. The van der Waals surface area contributed by atoms with Crippen molar-refractivity contribution in [2.24, 2.45) is 5.73 Å². The Labute approximate surface area is 92.1 Å². The fraction of sp³-hybridized carbons (Fsp3) is 0.667. The summed E-state index contributed by atoms with van der Waals surface area (Å²) in [5.41, 5.74) is 7.84. The van der Waals surface area contributed by atoms with Gasteiger partial charge < -0.3 is 5.73 Å². The minimum atomic E-state index is -0.248. The van der Waals surface area contributed by atoms with Crippen molar-refractivity contribution in [2.45, 2.75) is 52.5 Å². The summed E-state index contributed by atoms with van der Waals surface area (Å²) < 4.78 is 0. The molecule has 3 heteroatoms. The van der Waals surface area contributed by atoms with E-state index in [-0.39, 0.29) is 5.54 Å². The second-order valence-corrected chi connectivity index (χ2v) is 5.17. The van der Waals surface area contributed by atoms with Gasteiger partial charge in [0, 0.05) is 23.3 Å². The zero-order valence-electron chi connectivity index (χ0n) is 10.3. The first kappa shape index (κ1) is 12.1. The van der Waals surface area contributed by atoms with Crippen LogP contribution in [0.1, 0.15) is 50.8 Å². The van der Waals surface area contributed by atoms with E-state index in [1.807, 2.05) is 26.8 Å². The van der Waals surface area contributed by atoms with E-state index in [4.69, 9.17) is 5.73 Å². The summed E-state index contributed by atoms with van der Waals surface area (Å²) in [7, 11) is 0. The van der Waals surface area contributed by atoms with Gasteiger partial charge >= 0.3 is 0 Å². The van der Waals surface area contributed by atoms with Gasteiger partial charge in [-0.05, 0) is 32.8 Å². The molecule has 2 N–H and O–H groups in total. The molecular formula is C12H21N3. The SMILES string of the molecule is Cc1cc(C(C)C)nc(CC(C)(C)N)n1. The van der Waals surface area contributed by atoms with Gasteiger partial charge in [-0.3, -0.25) is 0 Å². The minimum Gasteiger partial charge on any atom is -0.325 e. The quantitative estimate of drug-likeness (QED) is 0.826. The summed E-state index contributed by atoms with van der Waals surface area (Å²) in [5.74, 6) is 1.29. The molecule has 1 rings (SSSR count). The van der Waals surface area contributed by atoms with Crippen molar-refractivity contribution in [2.75, 3.05) is 0 Å². The highest BCUT2D eigenvalue weighted by Gasteiger charge is 2.15. The zero-order valence-corrected chi connectivity index (χ0v) is 10.3. The van der Waals surface area contributed by atoms with Gasteiger partial charge in [-0.25, -0.2) is 9.97 Å². The Morgan fingerprint density at radius 3 is 2.40 bits per heavy atom. The summed E-state index contributed by atoms with van der Waals surface area (Å²) in [6.07, 6.45) is 0.717. The highest BCUT2D eigenvalue weighted by molar-refractivity contribution is 5.14. The Hall–Kier alpha value is -0.960. The molecule has 0 saturated heterocycles. The van der Waals surface area contributed by atoms with E-state index in [9.17, 15) is 0 Å². The number of hydrogen-bond donors (Lipinski definition) is 1. The topological polar surface area (TPSA) is 51.8 Å². The molecule has 0 atom stereocenters. The van der Waals surface area contributed by atoms with E-state index in [2.05, 4.69) is 23.8 Å². The molecule has 3 nitrogen and oxygen atoms in total. The lowest BCUT2D eigenvalue weighted by Gasteiger charge is -2.18. The molecule has 0 saturated carbocycles. The Kier molecular flexibility index (Phi) is 3.45. The molecule has 0 radical (unpaired) electrons. The van der Waals surface area contributed by atoms with E-state index in [1.165, 1.54) is 0 Å². The molecule has 0 aliphatic rings. The zero-order chi connectivity index (χ0) is 11.6.